The molecule has 2 heterocycles. The molecule has 0 aliphatic heterocycles. The van der Waals surface area contributed by atoms with Gasteiger partial charge in [0, 0.05) is 17.3 Å². The molecule has 0 amide bonds. The van der Waals surface area contributed by atoms with Crippen molar-refractivity contribution in [3.63, 3.8) is 0 Å². The predicted octanol–water partition coefficient (Wildman–Crippen LogP) is 3.17. The molecular formula is C12H16N2. The Kier molecular flexibility index (Phi) is 1.26. The molecule has 0 aliphatic carbocycles. The van der Waals surface area contributed by atoms with Crippen LogP contribution in [0.4, 0.5) is 0 Å². The molecule has 0 fully saturated rings. The van der Waals surface area contributed by atoms with Crippen LogP contribution in [-0.4, -0.2) is 9.97 Å². The number of nitrogens with zero attached hydrogens (tertiary/aromatic N) is 1. The zero-order valence-corrected chi connectivity index (χ0v) is 8.95. The Labute approximate surface area is 88.6 Å². The molecule has 2 heteroatoms. The van der Waals surface area contributed by atoms with Crippen LogP contribution in [0.5, 0.6) is 0 Å². The Balaban J connectivity index is 2.93. The molecule has 0 radical (unpaired) electrons. The zero-order valence-electron chi connectivity index (χ0n) is 11.9. The Hall–Kier alpha value is -1.31. The van der Waals surface area contributed by atoms with Gasteiger partial charge in [-0.15, -0.1) is 0 Å². The van der Waals surface area contributed by atoms with Gasteiger partial charge in [0.25, 0.3) is 0 Å². The molecule has 0 spiro atoms. The van der Waals surface area contributed by atoms with Gasteiger partial charge in [-0.1, -0.05) is 20.8 Å². The van der Waals surface area contributed by atoms with Gasteiger partial charge in [-0.3, -0.25) is 0 Å². The number of aromatic amines is 1. The molecule has 2 rings (SSSR count). The molecule has 0 aliphatic rings. The van der Waals surface area contributed by atoms with Gasteiger partial charge in [0.1, 0.15) is 5.65 Å². The number of hydrogen-bond acceptors (Lipinski definition) is 1. The Bertz CT molecular complexity index is 594. The van der Waals surface area contributed by atoms with Gasteiger partial charge in [-0.2, -0.15) is 0 Å². The summed E-state index contributed by atoms with van der Waals surface area (Å²) < 4.78 is 24.0. The van der Waals surface area contributed by atoms with Crippen LogP contribution in [0.3, 0.4) is 0 Å². The molecular weight excluding hydrogens is 172 g/mol. The lowest BCUT2D eigenvalue weighted by atomic mass is 9.88. The fraction of sp³-hybridized carbons (Fsp3) is 0.417. The van der Waals surface area contributed by atoms with Crippen molar-refractivity contribution in [3.8, 4) is 0 Å². The third-order valence-electron chi connectivity index (χ3n) is 2.13. The SMILES string of the molecule is [2H]c1nc2[nH]c(C)c([2H])c2c([2H])c1C(C)(C)C. The number of pyridine rings is 1. The molecule has 2 aromatic rings. The second kappa shape index (κ2) is 2.84. The summed E-state index contributed by atoms with van der Waals surface area (Å²) in [6.45, 7) is 7.64. The first kappa shape index (κ1) is 6.23. The van der Waals surface area contributed by atoms with Crippen molar-refractivity contribution in [2.45, 2.75) is 33.1 Å². The van der Waals surface area contributed by atoms with Gasteiger partial charge in [0.05, 0.1) is 4.11 Å². The number of aryl methyl sites for hydroxylation is 1. The molecule has 0 saturated heterocycles. The van der Waals surface area contributed by atoms with E-state index >= 15 is 0 Å². The predicted molar refractivity (Wildman–Crippen MR) is 59.5 cm³/mol. The van der Waals surface area contributed by atoms with E-state index in [0.717, 1.165) is 0 Å². The van der Waals surface area contributed by atoms with E-state index < -0.39 is 0 Å². The minimum Gasteiger partial charge on any atom is -0.344 e. The minimum atomic E-state index is -0.313. The molecule has 0 saturated carbocycles. The largest absolute Gasteiger partial charge is 0.344 e. The first-order chi connectivity index (χ1) is 7.73. The van der Waals surface area contributed by atoms with Crippen LogP contribution in [0.15, 0.2) is 18.3 Å². The second-order valence-electron chi connectivity index (χ2n) is 4.57. The van der Waals surface area contributed by atoms with Gasteiger partial charge >= 0.3 is 0 Å². The standard InChI is InChI=1S/C12H16N2/c1-8-5-9-6-10(12(2,3)4)7-13-11(9)14-8/h5-7H,1-4H3,(H,13,14)/i5D,6D,7D. The third kappa shape index (κ3) is 1.52. The van der Waals surface area contributed by atoms with E-state index in [9.17, 15) is 0 Å². The van der Waals surface area contributed by atoms with E-state index in [-0.39, 0.29) is 17.6 Å². The van der Waals surface area contributed by atoms with Crippen molar-refractivity contribution in [1.82, 2.24) is 9.97 Å². The molecule has 14 heavy (non-hydrogen) atoms. The topological polar surface area (TPSA) is 28.7 Å². The Morgan fingerprint density at radius 1 is 1.36 bits per heavy atom. The summed E-state index contributed by atoms with van der Waals surface area (Å²) >= 11 is 0. The highest BCUT2D eigenvalue weighted by Crippen LogP contribution is 2.24. The number of H-pyrrole nitrogens is 1. The molecule has 2 nitrogen and oxygen atoms in total. The Morgan fingerprint density at radius 2 is 2.07 bits per heavy atom. The lowest BCUT2D eigenvalue weighted by Gasteiger charge is -2.18. The summed E-state index contributed by atoms with van der Waals surface area (Å²) in [5.41, 5.74) is 1.44. The third-order valence-corrected chi connectivity index (χ3v) is 2.13. The van der Waals surface area contributed by atoms with E-state index in [0.29, 0.717) is 28.3 Å². The number of aromatic nitrogens is 2. The average Bonchev–Trinajstić information content (AvgIpc) is 2.39. The van der Waals surface area contributed by atoms with Crippen molar-refractivity contribution in [2.24, 2.45) is 0 Å². The van der Waals surface area contributed by atoms with Crippen LogP contribution in [-0.2, 0) is 5.41 Å². The fourth-order valence-electron chi connectivity index (χ4n) is 1.31. The Morgan fingerprint density at radius 3 is 2.71 bits per heavy atom. The maximum atomic E-state index is 8.19. The summed E-state index contributed by atoms with van der Waals surface area (Å²) in [5, 5.41) is 0.517. The molecule has 74 valence electrons. The molecule has 0 bridgehead atoms. The van der Waals surface area contributed by atoms with Gasteiger partial charge in [-0.25, -0.2) is 4.98 Å². The van der Waals surface area contributed by atoms with Crippen LogP contribution in [0, 0.1) is 6.92 Å². The van der Waals surface area contributed by atoms with Crippen LogP contribution < -0.4 is 0 Å². The van der Waals surface area contributed by atoms with Crippen LogP contribution in [0.1, 0.15) is 36.1 Å². The molecule has 0 aromatic carbocycles. The van der Waals surface area contributed by atoms with Crippen molar-refractivity contribution in [2.75, 3.05) is 0 Å². The van der Waals surface area contributed by atoms with Crippen LogP contribution in [0.25, 0.3) is 11.0 Å². The molecule has 1 N–H and O–H groups in total. The van der Waals surface area contributed by atoms with Gasteiger partial charge < -0.3 is 4.98 Å². The second-order valence-corrected chi connectivity index (χ2v) is 4.57. The monoisotopic (exact) mass is 191 g/mol. The summed E-state index contributed by atoms with van der Waals surface area (Å²) in [6, 6.07) is 0.560. The van der Waals surface area contributed by atoms with Crippen molar-refractivity contribution in [3.05, 3.63) is 29.5 Å². The molecule has 0 atom stereocenters. The highest BCUT2D eigenvalue weighted by atomic mass is 14.8. The van der Waals surface area contributed by atoms with E-state index in [1.807, 2.05) is 20.8 Å². The molecule has 2 aromatic heterocycles. The van der Waals surface area contributed by atoms with Crippen molar-refractivity contribution >= 4 is 11.0 Å². The number of rotatable bonds is 0. The summed E-state index contributed by atoms with van der Waals surface area (Å²) in [4.78, 5) is 7.10. The van der Waals surface area contributed by atoms with E-state index in [1.165, 1.54) is 0 Å². The number of nitrogens with one attached hydrogen (secondary N) is 1. The maximum absolute atomic E-state index is 8.19. The lowest BCUT2D eigenvalue weighted by Crippen LogP contribution is -2.11. The van der Waals surface area contributed by atoms with Gasteiger partial charge in [0.15, 0.2) is 0 Å². The minimum absolute atomic E-state index is 0.122. The first-order valence-corrected chi connectivity index (χ1v) is 4.70. The van der Waals surface area contributed by atoms with E-state index in [1.54, 1.807) is 6.92 Å². The highest BCUT2D eigenvalue weighted by Gasteiger charge is 2.14. The highest BCUT2D eigenvalue weighted by molar-refractivity contribution is 5.77. The maximum Gasteiger partial charge on any atom is 0.137 e. The summed E-state index contributed by atoms with van der Waals surface area (Å²) in [7, 11) is 0. The summed E-state index contributed by atoms with van der Waals surface area (Å²) in [5.74, 6) is 0. The van der Waals surface area contributed by atoms with Crippen LogP contribution >= 0.6 is 0 Å². The quantitative estimate of drug-likeness (QED) is 0.680. The smallest absolute Gasteiger partial charge is 0.137 e. The fourth-order valence-corrected chi connectivity index (χ4v) is 1.31. The van der Waals surface area contributed by atoms with E-state index in [4.69, 9.17) is 4.11 Å². The normalized spacial score (nSPS) is 15.3. The van der Waals surface area contributed by atoms with Gasteiger partial charge in [0.2, 0.25) is 0 Å². The summed E-state index contributed by atoms with van der Waals surface area (Å²) in [6.07, 6.45) is 0.122. The van der Waals surface area contributed by atoms with Crippen molar-refractivity contribution in [1.29, 1.82) is 0 Å². The number of hydrogen-bond donors (Lipinski definition) is 1. The number of fused-ring (bicyclic) bond motifs is 1. The van der Waals surface area contributed by atoms with Gasteiger partial charge in [-0.05, 0) is 30.0 Å². The van der Waals surface area contributed by atoms with E-state index in [2.05, 4.69) is 9.97 Å². The zero-order chi connectivity index (χ0) is 13.0. The lowest BCUT2D eigenvalue weighted by molar-refractivity contribution is 0.588. The van der Waals surface area contributed by atoms with Crippen molar-refractivity contribution < 1.29 is 4.11 Å². The molecule has 0 unspecified atom stereocenters. The van der Waals surface area contributed by atoms with Crippen LogP contribution in [0.2, 0.25) is 0 Å². The average molecular weight is 191 g/mol. The first-order valence-electron chi connectivity index (χ1n) is 6.20.